The smallest absolute Gasteiger partial charge is 0.122 e. The highest BCUT2D eigenvalue weighted by Gasteiger charge is 2.85. The Kier molecular flexibility index (Phi) is 2.32. The molecule has 2 aliphatic rings. The van der Waals surface area contributed by atoms with Gasteiger partial charge in [0.1, 0.15) is 5.54 Å². The first-order valence-electron chi connectivity index (χ1n) is 7.62. The summed E-state index contributed by atoms with van der Waals surface area (Å²) in [6, 6.07) is 21.5. The first kappa shape index (κ1) is 12.8. The SMILES string of the molecule is C[C@H]1[C@@]2(c3ccccc3)C(C)(C)N=N[C@@]12c1ccccc1. The van der Waals surface area contributed by atoms with Crippen LogP contribution < -0.4 is 0 Å². The number of rotatable bonds is 2. The molecular weight excluding hydrogens is 256 g/mol. The Morgan fingerprint density at radius 2 is 1.29 bits per heavy atom. The van der Waals surface area contributed by atoms with Crippen molar-refractivity contribution in [3.63, 3.8) is 0 Å². The third kappa shape index (κ3) is 1.25. The van der Waals surface area contributed by atoms with Crippen LogP contribution in [0, 0.1) is 5.92 Å². The number of azo groups is 1. The Morgan fingerprint density at radius 1 is 0.762 bits per heavy atom. The molecule has 1 aliphatic carbocycles. The van der Waals surface area contributed by atoms with Crippen LogP contribution in [0.25, 0.3) is 0 Å². The Bertz CT molecular complexity index is 705. The maximum atomic E-state index is 4.82. The average Bonchev–Trinajstić information content (AvgIpc) is 2.97. The van der Waals surface area contributed by atoms with E-state index in [9.17, 15) is 0 Å². The van der Waals surface area contributed by atoms with Gasteiger partial charge in [-0.1, -0.05) is 67.6 Å². The van der Waals surface area contributed by atoms with Crippen molar-refractivity contribution in [3.05, 3.63) is 71.8 Å². The van der Waals surface area contributed by atoms with Gasteiger partial charge in [-0.25, -0.2) is 0 Å². The van der Waals surface area contributed by atoms with Crippen LogP contribution in [0.5, 0.6) is 0 Å². The predicted molar refractivity (Wildman–Crippen MR) is 84.3 cm³/mol. The van der Waals surface area contributed by atoms with Gasteiger partial charge in [-0.2, -0.15) is 10.2 Å². The molecule has 0 radical (unpaired) electrons. The maximum Gasteiger partial charge on any atom is 0.122 e. The van der Waals surface area contributed by atoms with Crippen molar-refractivity contribution < 1.29 is 0 Å². The molecule has 0 saturated heterocycles. The molecule has 2 aromatic rings. The van der Waals surface area contributed by atoms with Crippen molar-refractivity contribution in [1.82, 2.24) is 0 Å². The van der Waals surface area contributed by atoms with Crippen molar-refractivity contribution in [2.75, 3.05) is 0 Å². The van der Waals surface area contributed by atoms with Crippen molar-refractivity contribution in [1.29, 1.82) is 0 Å². The van der Waals surface area contributed by atoms with Gasteiger partial charge in [0.2, 0.25) is 0 Å². The number of hydrogen-bond acceptors (Lipinski definition) is 2. The van der Waals surface area contributed by atoms with E-state index in [1.165, 1.54) is 11.1 Å². The van der Waals surface area contributed by atoms with E-state index >= 15 is 0 Å². The summed E-state index contributed by atoms with van der Waals surface area (Å²) in [4.78, 5) is 0. The minimum atomic E-state index is -0.195. The lowest BCUT2D eigenvalue weighted by Gasteiger charge is -2.29. The topological polar surface area (TPSA) is 24.7 Å². The molecule has 3 atom stereocenters. The van der Waals surface area contributed by atoms with Crippen molar-refractivity contribution in [2.45, 2.75) is 37.3 Å². The van der Waals surface area contributed by atoms with E-state index in [1.54, 1.807) is 0 Å². The second-order valence-corrected chi connectivity index (χ2v) is 6.79. The summed E-state index contributed by atoms with van der Waals surface area (Å²) in [5, 5.41) is 9.49. The van der Waals surface area contributed by atoms with Crippen molar-refractivity contribution in [2.24, 2.45) is 16.1 Å². The quantitative estimate of drug-likeness (QED) is 0.758. The Balaban J connectivity index is 1.97. The van der Waals surface area contributed by atoms with E-state index in [0.29, 0.717) is 5.92 Å². The monoisotopic (exact) mass is 276 g/mol. The van der Waals surface area contributed by atoms with Crippen LogP contribution in [0.15, 0.2) is 70.9 Å². The van der Waals surface area contributed by atoms with Crippen LogP contribution in [0.4, 0.5) is 0 Å². The first-order valence-corrected chi connectivity index (χ1v) is 7.62. The van der Waals surface area contributed by atoms with Gasteiger partial charge in [0.15, 0.2) is 0 Å². The molecule has 4 rings (SSSR count). The molecule has 0 amide bonds. The lowest BCUT2D eigenvalue weighted by Crippen LogP contribution is -2.36. The minimum absolute atomic E-state index is 0.0252. The molecule has 1 saturated carbocycles. The number of fused-ring (bicyclic) bond motifs is 1. The molecule has 1 fully saturated rings. The van der Waals surface area contributed by atoms with Gasteiger partial charge in [-0.05, 0) is 25.0 Å². The fraction of sp³-hybridized carbons (Fsp3) is 0.368. The van der Waals surface area contributed by atoms with Crippen LogP contribution in [0.3, 0.4) is 0 Å². The van der Waals surface area contributed by atoms with Crippen LogP contribution >= 0.6 is 0 Å². The molecule has 21 heavy (non-hydrogen) atoms. The zero-order chi connectivity index (χ0) is 14.7. The van der Waals surface area contributed by atoms with Gasteiger partial charge in [-0.3, -0.25) is 0 Å². The Morgan fingerprint density at radius 3 is 1.86 bits per heavy atom. The lowest BCUT2D eigenvalue weighted by atomic mass is 9.74. The highest BCUT2D eigenvalue weighted by molar-refractivity contribution is 5.56. The van der Waals surface area contributed by atoms with Crippen LogP contribution in [-0.4, -0.2) is 5.54 Å². The fourth-order valence-corrected chi connectivity index (χ4v) is 4.84. The van der Waals surface area contributed by atoms with E-state index in [1.807, 2.05) is 0 Å². The molecular formula is C19H20N2. The van der Waals surface area contributed by atoms with E-state index in [-0.39, 0.29) is 16.5 Å². The molecule has 0 bridgehead atoms. The van der Waals surface area contributed by atoms with E-state index < -0.39 is 0 Å². The molecule has 106 valence electrons. The average molecular weight is 276 g/mol. The summed E-state index contributed by atoms with van der Waals surface area (Å²) in [5.74, 6) is 0.460. The number of hydrogen-bond donors (Lipinski definition) is 0. The van der Waals surface area contributed by atoms with Crippen molar-refractivity contribution >= 4 is 0 Å². The van der Waals surface area contributed by atoms with Gasteiger partial charge in [0.25, 0.3) is 0 Å². The highest BCUT2D eigenvalue weighted by atomic mass is 15.3. The minimum Gasteiger partial charge on any atom is -0.186 e. The van der Waals surface area contributed by atoms with Crippen LogP contribution in [-0.2, 0) is 11.0 Å². The second kappa shape index (κ2) is 3.82. The summed E-state index contributed by atoms with van der Waals surface area (Å²) >= 11 is 0. The predicted octanol–water partition coefficient (Wildman–Crippen LogP) is 4.71. The Hall–Kier alpha value is -1.96. The number of nitrogens with zero attached hydrogens (tertiary/aromatic N) is 2. The third-order valence-corrected chi connectivity index (χ3v) is 5.66. The zero-order valence-corrected chi connectivity index (χ0v) is 12.7. The summed E-state index contributed by atoms with van der Waals surface area (Å²) in [6.07, 6.45) is 0. The molecule has 0 spiro atoms. The first-order chi connectivity index (χ1) is 10.1. The normalized spacial score (nSPS) is 35.5. The lowest BCUT2D eigenvalue weighted by molar-refractivity contribution is 0.376. The third-order valence-electron chi connectivity index (χ3n) is 5.66. The van der Waals surface area contributed by atoms with Gasteiger partial charge in [-0.15, -0.1) is 0 Å². The molecule has 2 aromatic carbocycles. The molecule has 2 heteroatoms. The number of benzene rings is 2. The summed E-state index contributed by atoms with van der Waals surface area (Å²) < 4.78 is 0. The van der Waals surface area contributed by atoms with Crippen LogP contribution in [0.2, 0.25) is 0 Å². The van der Waals surface area contributed by atoms with E-state index in [2.05, 4.69) is 86.5 Å². The summed E-state index contributed by atoms with van der Waals surface area (Å²) in [5.41, 5.74) is 2.25. The zero-order valence-electron chi connectivity index (χ0n) is 12.7. The molecule has 0 aromatic heterocycles. The van der Waals surface area contributed by atoms with Gasteiger partial charge in [0, 0.05) is 5.92 Å². The maximum absolute atomic E-state index is 4.82. The highest BCUT2D eigenvalue weighted by Crippen LogP contribution is 2.78. The van der Waals surface area contributed by atoms with E-state index in [4.69, 9.17) is 5.11 Å². The van der Waals surface area contributed by atoms with Crippen molar-refractivity contribution in [3.8, 4) is 0 Å². The fourth-order valence-electron chi connectivity index (χ4n) is 4.84. The molecule has 1 aliphatic heterocycles. The summed E-state index contributed by atoms with van der Waals surface area (Å²) in [7, 11) is 0. The molecule has 0 unspecified atom stereocenters. The van der Waals surface area contributed by atoms with Gasteiger partial charge < -0.3 is 0 Å². The molecule has 1 heterocycles. The Labute approximate surface area is 125 Å². The van der Waals surface area contributed by atoms with Gasteiger partial charge >= 0.3 is 0 Å². The summed E-state index contributed by atoms with van der Waals surface area (Å²) in [6.45, 7) is 6.76. The second-order valence-electron chi connectivity index (χ2n) is 6.79. The molecule has 0 N–H and O–H groups in total. The largest absolute Gasteiger partial charge is 0.186 e. The standard InChI is InChI=1S/C19H20N2/c1-14-18(15-10-6-4-7-11-15)17(2,3)20-21-19(14,18)16-12-8-5-9-13-16/h4-14H,1-3H3/t14-,18+,19+/m0/s1. The van der Waals surface area contributed by atoms with Crippen LogP contribution in [0.1, 0.15) is 31.9 Å². The molecule has 2 nitrogen and oxygen atoms in total. The van der Waals surface area contributed by atoms with E-state index in [0.717, 1.165) is 0 Å². The van der Waals surface area contributed by atoms with Gasteiger partial charge in [0.05, 0.1) is 11.0 Å².